The molecule has 0 bridgehead atoms. The molecule has 1 atom stereocenters. The van der Waals surface area contributed by atoms with Crippen molar-refractivity contribution < 1.29 is 0 Å². The number of benzene rings is 6. The minimum Gasteiger partial charge on any atom is -0.340 e. The third-order valence-electron chi connectivity index (χ3n) is 9.00. The minimum absolute atomic E-state index is 0.0278. The molecule has 0 radical (unpaired) electrons. The van der Waals surface area contributed by atoms with Crippen LogP contribution >= 0.6 is 11.8 Å². The van der Waals surface area contributed by atoms with Gasteiger partial charge in [-0.3, -0.25) is 4.99 Å². The van der Waals surface area contributed by atoms with Crippen LogP contribution in [0, 0.1) is 0 Å². The number of para-hydroxylation sites is 1. The van der Waals surface area contributed by atoms with Crippen molar-refractivity contribution in [1.82, 2.24) is 0 Å². The first-order chi connectivity index (χ1) is 21.5. The van der Waals surface area contributed by atoms with Gasteiger partial charge in [-0.1, -0.05) is 147 Å². The third-order valence-corrected chi connectivity index (χ3v) is 10.1. The topological polar surface area (TPSA) is 24.4 Å². The van der Waals surface area contributed by atoms with E-state index in [1.54, 1.807) is 0 Å². The second-order valence-corrected chi connectivity index (χ2v) is 13.2. The summed E-state index contributed by atoms with van der Waals surface area (Å²) in [6, 6.07) is 52.3. The number of amidine groups is 1. The molecule has 212 valence electrons. The van der Waals surface area contributed by atoms with Gasteiger partial charge in [-0.05, 0) is 63.2 Å². The zero-order valence-electron chi connectivity index (χ0n) is 24.8. The van der Waals surface area contributed by atoms with Gasteiger partial charge in [0.15, 0.2) is 0 Å². The molecule has 6 aromatic carbocycles. The van der Waals surface area contributed by atoms with Crippen LogP contribution in [0.1, 0.15) is 47.7 Å². The van der Waals surface area contributed by atoms with Crippen molar-refractivity contribution in [3.63, 3.8) is 0 Å². The number of rotatable bonds is 4. The maximum atomic E-state index is 5.32. The van der Waals surface area contributed by atoms with Crippen LogP contribution in [0.4, 0.5) is 5.69 Å². The van der Waals surface area contributed by atoms with E-state index in [0.717, 1.165) is 17.1 Å². The highest BCUT2D eigenvalue weighted by Crippen LogP contribution is 2.49. The van der Waals surface area contributed by atoms with Crippen molar-refractivity contribution in [3.8, 4) is 22.3 Å². The third kappa shape index (κ3) is 4.65. The molecule has 1 unspecified atom stereocenters. The average molecular weight is 585 g/mol. The van der Waals surface area contributed by atoms with Crippen molar-refractivity contribution in [1.29, 1.82) is 0 Å². The first-order valence-corrected chi connectivity index (χ1v) is 16.0. The summed E-state index contributed by atoms with van der Waals surface area (Å²) in [5, 5.41) is 3.65. The SMILES string of the molecule is CC1(C)c2ccccc2Sc2cc(-c3cccc(C4=NC(c5ccc(-c6ccccc6)cc5)c5ccccc5N4)c3)ccc21. The van der Waals surface area contributed by atoms with Crippen molar-refractivity contribution in [2.45, 2.75) is 35.1 Å². The van der Waals surface area contributed by atoms with Crippen LogP contribution in [0.15, 0.2) is 160 Å². The molecule has 2 nitrogen and oxygen atoms in total. The Morgan fingerprint density at radius 1 is 0.545 bits per heavy atom. The summed E-state index contributed by atoms with van der Waals surface area (Å²) in [5.41, 5.74) is 12.2. The van der Waals surface area contributed by atoms with Crippen molar-refractivity contribution in [3.05, 3.63) is 173 Å². The molecule has 2 aliphatic rings. The summed E-state index contributed by atoms with van der Waals surface area (Å²) in [7, 11) is 0. The van der Waals surface area contributed by atoms with Gasteiger partial charge < -0.3 is 5.32 Å². The summed E-state index contributed by atoms with van der Waals surface area (Å²) in [4.78, 5) is 7.99. The lowest BCUT2D eigenvalue weighted by Gasteiger charge is -2.34. The highest BCUT2D eigenvalue weighted by atomic mass is 32.2. The van der Waals surface area contributed by atoms with E-state index in [0.29, 0.717) is 0 Å². The number of anilines is 1. The lowest BCUT2D eigenvalue weighted by Crippen LogP contribution is -2.23. The maximum Gasteiger partial charge on any atom is 0.133 e. The monoisotopic (exact) mass is 584 g/mol. The van der Waals surface area contributed by atoms with E-state index < -0.39 is 0 Å². The fraction of sp³-hybridized carbons (Fsp3) is 0.0976. The minimum atomic E-state index is -0.0848. The smallest absolute Gasteiger partial charge is 0.133 e. The van der Waals surface area contributed by atoms with Crippen LogP contribution < -0.4 is 5.32 Å². The van der Waals surface area contributed by atoms with E-state index in [1.165, 1.54) is 54.3 Å². The van der Waals surface area contributed by atoms with Gasteiger partial charge in [-0.15, -0.1) is 0 Å². The highest BCUT2D eigenvalue weighted by Gasteiger charge is 2.33. The normalized spacial score (nSPS) is 16.1. The van der Waals surface area contributed by atoms with E-state index in [4.69, 9.17) is 4.99 Å². The number of fused-ring (bicyclic) bond motifs is 3. The predicted molar refractivity (Wildman–Crippen MR) is 185 cm³/mol. The van der Waals surface area contributed by atoms with Gasteiger partial charge in [0.25, 0.3) is 0 Å². The zero-order valence-corrected chi connectivity index (χ0v) is 25.6. The second kappa shape index (κ2) is 10.7. The van der Waals surface area contributed by atoms with Gasteiger partial charge in [-0.25, -0.2) is 0 Å². The first kappa shape index (κ1) is 26.7. The zero-order chi connectivity index (χ0) is 29.7. The first-order valence-electron chi connectivity index (χ1n) is 15.2. The molecule has 2 aliphatic heterocycles. The van der Waals surface area contributed by atoms with Crippen molar-refractivity contribution >= 4 is 23.3 Å². The van der Waals surface area contributed by atoms with Crippen molar-refractivity contribution in [2.24, 2.45) is 4.99 Å². The van der Waals surface area contributed by atoms with Gasteiger partial charge in [0, 0.05) is 32.0 Å². The Bertz CT molecular complexity index is 2040. The molecule has 3 heteroatoms. The summed E-state index contributed by atoms with van der Waals surface area (Å²) < 4.78 is 0. The molecule has 2 heterocycles. The highest BCUT2D eigenvalue weighted by molar-refractivity contribution is 7.99. The van der Waals surface area contributed by atoms with Gasteiger partial charge in [0.05, 0.1) is 0 Å². The van der Waals surface area contributed by atoms with Crippen LogP contribution in [0.5, 0.6) is 0 Å². The number of hydrogen-bond donors (Lipinski definition) is 1. The molecule has 1 N–H and O–H groups in total. The quantitative estimate of drug-likeness (QED) is 0.223. The van der Waals surface area contributed by atoms with Crippen LogP contribution in [0.25, 0.3) is 22.3 Å². The average Bonchev–Trinajstić information content (AvgIpc) is 3.08. The van der Waals surface area contributed by atoms with E-state index in [-0.39, 0.29) is 11.5 Å². The summed E-state index contributed by atoms with van der Waals surface area (Å²) >= 11 is 1.88. The molecule has 8 rings (SSSR count). The fourth-order valence-corrected chi connectivity index (χ4v) is 8.02. The Labute approximate surface area is 263 Å². The second-order valence-electron chi connectivity index (χ2n) is 12.1. The number of aliphatic imine (C=N–C) groups is 1. The van der Waals surface area contributed by atoms with Crippen LogP contribution in [0.3, 0.4) is 0 Å². The maximum absolute atomic E-state index is 5.32. The van der Waals surface area contributed by atoms with Gasteiger partial charge in [0.2, 0.25) is 0 Å². The molecule has 0 saturated heterocycles. The molecule has 0 spiro atoms. The van der Waals surface area contributed by atoms with Crippen LogP contribution in [0.2, 0.25) is 0 Å². The molecule has 44 heavy (non-hydrogen) atoms. The lowest BCUT2D eigenvalue weighted by molar-refractivity contribution is 0.607. The van der Waals surface area contributed by atoms with Gasteiger partial charge in [0.1, 0.15) is 11.9 Å². The Kier molecular flexibility index (Phi) is 6.50. The lowest BCUT2D eigenvalue weighted by atomic mass is 9.77. The summed E-state index contributed by atoms with van der Waals surface area (Å²) in [6.45, 7) is 4.67. The molecule has 0 aliphatic carbocycles. The number of hydrogen-bond acceptors (Lipinski definition) is 3. The fourth-order valence-electron chi connectivity index (χ4n) is 6.58. The van der Waals surface area contributed by atoms with Crippen molar-refractivity contribution in [2.75, 3.05) is 5.32 Å². The summed E-state index contributed by atoms with van der Waals surface area (Å²) in [5.74, 6) is 0.894. The Morgan fingerprint density at radius 3 is 2.05 bits per heavy atom. The standard InChI is InChI=1S/C41H32N2S/c1-41(2)34-16-7-9-18-37(34)44-38-26-31(23-24-35(38)41)30-13-10-14-32(25-30)40-42-36-17-8-6-15-33(36)39(43-40)29-21-19-28(20-22-29)27-11-4-3-5-12-27/h3-26,39H,1-2H3,(H,42,43). The van der Waals surface area contributed by atoms with E-state index in [2.05, 4.69) is 165 Å². The molecular weight excluding hydrogens is 553 g/mol. The summed E-state index contributed by atoms with van der Waals surface area (Å²) in [6.07, 6.45) is 0. The largest absolute Gasteiger partial charge is 0.340 e. The molecule has 6 aromatic rings. The predicted octanol–water partition coefficient (Wildman–Crippen LogP) is 10.8. The van der Waals surface area contributed by atoms with E-state index in [9.17, 15) is 0 Å². The van der Waals surface area contributed by atoms with E-state index >= 15 is 0 Å². The van der Waals surface area contributed by atoms with Gasteiger partial charge in [-0.2, -0.15) is 0 Å². The van der Waals surface area contributed by atoms with Crippen LogP contribution in [-0.4, -0.2) is 5.84 Å². The Morgan fingerprint density at radius 2 is 1.18 bits per heavy atom. The van der Waals surface area contributed by atoms with E-state index in [1.807, 2.05) is 11.8 Å². The molecule has 0 aromatic heterocycles. The molecular formula is C41H32N2S. The molecule has 0 fully saturated rings. The Hall–Kier alpha value is -4.86. The number of nitrogens with one attached hydrogen (secondary N) is 1. The Balaban J connectivity index is 1.15. The molecule has 0 saturated carbocycles. The van der Waals surface area contributed by atoms with Gasteiger partial charge >= 0.3 is 0 Å². The molecule has 0 amide bonds. The van der Waals surface area contributed by atoms with Crippen LogP contribution in [-0.2, 0) is 5.41 Å². The number of nitrogens with zero attached hydrogens (tertiary/aromatic N) is 1.